The lowest BCUT2D eigenvalue weighted by Crippen LogP contribution is -2.23. The van der Waals surface area contributed by atoms with Gasteiger partial charge in [-0.25, -0.2) is 9.18 Å². The predicted molar refractivity (Wildman–Crippen MR) is 100 cm³/mol. The summed E-state index contributed by atoms with van der Waals surface area (Å²) in [7, 11) is 1.37. The quantitative estimate of drug-likeness (QED) is 0.404. The van der Waals surface area contributed by atoms with Gasteiger partial charge in [0, 0.05) is 28.7 Å². The van der Waals surface area contributed by atoms with E-state index in [0.717, 1.165) is 17.0 Å². The highest BCUT2D eigenvalue weighted by atomic mass is 19.1. The largest absolute Gasteiger partial charge is 0.494 e. The molecule has 5 nitrogen and oxygen atoms in total. The topological polar surface area (TPSA) is 68.4 Å². The van der Waals surface area contributed by atoms with Gasteiger partial charge in [-0.3, -0.25) is 4.79 Å². The molecule has 1 aromatic heterocycles. The molecule has 0 saturated heterocycles. The monoisotopic (exact) mass is 367 g/mol. The molecule has 138 valence electrons. The van der Waals surface area contributed by atoms with Crippen LogP contribution < -0.4 is 4.74 Å². The molecular formula is C21H18FNO4. The Labute approximate surface area is 155 Å². The first-order chi connectivity index (χ1) is 13.0. The van der Waals surface area contributed by atoms with Gasteiger partial charge < -0.3 is 14.5 Å². The van der Waals surface area contributed by atoms with Crippen molar-refractivity contribution in [2.24, 2.45) is 0 Å². The van der Waals surface area contributed by atoms with Crippen molar-refractivity contribution < 1.29 is 23.5 Å². The zero-order valence-corrected chi connectivity index (χ0v) is 14.9. The first kappa shape index (κ1) is 18.4. The van der Waals surface area contributed by atoms with Crippen LogP contribution in [0.5, 0.6) is 5.75 Å². The fourth-order valence-electron chi connectivity index (χ4n) is 2.71. The minimum absolute atomic E-state index is 0.118. The Balaban J connectivity index is 1.66. The van der Waals surface area contributed by atoms with E-state index in [9.17, 15) is 14.0 Å². The highest BCUT2D eigenvalue weighted by molar-refractivity contribution is 6.10. The SMILES string of the molecule is COc1ccc(/C=C/C(=O)O[C@H](C)C(=O)c2c[nH]c3ccccc23)cc1F. The molecule has 1 heterocycles. The molecule has 1 atom stereocenters. The molecule has 0 aliphatic rings. The number of halogens is 1. The van der Waals surface area contributed by atoms with Gasteiger partial charge in [0.25, 0.3) is 0 Å². The molecule has 0 fully saturated rings. The van der Waals surface area contributed by atoms with E-state index < -0.39 is 17.9 Å². The molecule has 3 rings (SSSR count). The average molecular weight is 367 g/mol. The number of hydrogen-bond donors (Lipinski definition) is 1. The molecule has 0 spiro atoms. The van der Waals surface area contributed by atoms with E-state index in [0.29, 0.717) is 11.1 Å². The number of ketones is 1. The molecule has 3 aromatic rings. The fraction of sp³-hybridized carbons (Fsp3) is 0.143. The summed E-state index contributed by atoms with van der Waals surface area (Å²) in [6.07, 6.45) is 3.22. The molecule has 0 aliphatic carbocycles. The molecule has 1 N–H and O–H groups in total. The van der Waals surface area contributed by atoms with Crippen LogP contribution in [0.3, 0.4) is 0 Å². The van der Waals surface area contributed by atoms with Crippen molar-refractivity contribution in [3.05, 3.63) is 71.7 Å². The van der Waals surface area contributed by atoms with Gasteiger partial charge in [-0.2, -0.15) is 0 Å². The minimum atomic E-state index is -0.950. The van der Waals surface area contributed by atoms with Crippen LogP contribution in [0.4, 0.5) is 4.39 Å². The van der Waals surface area contributed by atoms with Gasteiger partial charge in [0.2, 0.25) is 5.78 Å². The Kier molecular flexibility index (Phi) is 5.35. The lowest BCUT2D eigenvalue weighted by Gasteiger charge is -2.10. The van der Waals surface area contributed by atoms with Gasteiger partial charge in [-0.15, -0.1) is 0 Å². The number of H-pyrrole nitrogens is 1. The number of aromatic amines is 1. The number of ether oxygens (including phenoxy) is 2. The van der Waals surface area contributed by atoms with E-state index in [1.54, 1.807) is 12.3 Å². The lowest BCUT2D eigenvalue weighted by molar-refractivity contribution is -0.140. The Bertz CT molecular complexity index is 1020. The summed E-state index contributed by atoms with van der Waals surface area (Å²) in [5.74, 6) is -1.40. The summed E-state index contributed by atoms with van der Waals surface area (Å²) in [4.78, 5) is 27.6. The van der Waals surface area contributed by atoms with Gasteiger partial charge in [0.05, 0.1) is 7.11 Å². The second-order valence-electron chi connectivity index (χ2n) is 5.92. The number of benzene rings is 2. The van der Waals surface area contributed by atoms with Crippen molar-refractivity contribution in [3.8, 4) is 5.75 Å². The van der Waals surface area contributed by atoms with Crippen LogP contribution >= 0.6 is 0 Å². The van der Waals surface area contributed by atoms with Gasteiger partial charge >= 0.3 is 5.97 Å². The maximum absolute atomic E-state index is 13.7. The maximum Gasteiger partial charge on any atom is 0.331 e. The van der Waals surface area contributed by atoms with Gasteiger partial charge in [-0.05, 0) is 36.8 Å². The molecule has 0 radical (unpaired) electrons. The number of fused-ring (bicyclic) bond motifs is 1. The number of methoxy groups -OCH3 is 1. The molecule has 2 aromatic carbocycles. The van der Waals surface area contributed by atoms with E-state index in [1.807, 2.05) is 24.3 Å². The summed E-state index contributed by atoms with van der Waals surface area (Å²) >= 11 is 0. The zero-order chi connectivity index (χ0) is 19.4. The smallest absolute Gasteiger partial charge is 0.331 e. The molecule has 0 saturated carbocycles. The maximum atomic E-state index is 13.7. The highest BCUT2D eigenvalue weighted by Gasteiger charge is 2.21. The first-order valence-corrected chi connectivity index (χ1v) is 8.32. The van der Waals surface area contributed by atoms with Crippen LogP contribution in [0.2, 0.25) is 0 Å². The van der Waals surface area contributed by atoms with E-state index in [1.165, 1.54) is 32.2 Å². The van der Waals surface area contributed by atoms with Gasteiger partial charge in [0.1, 0.15) is 0 Å². The van der Waals surface area contributed by atoms with Crippen LogP contribution in [-0.2, 0) is 9.53 Å². The number of aromatic nitrogens is 1. The van der Waals surface area contributed by atoms with Crippen molar-refractivity contribution in [2.75, 3.05) is 7.11 Å². The van der Waals surface area contributed by atoms with E-state index in [2.05, 4.69) is 4.98 Å². The van der Waals surface area contributed by atoms with Crippen LogP contribution in [-0.4, -0.2) is 30.0 Å². The Hall–Kier alpha value is -3.41. The molecule has 27 heavy (non-hydrogen) atoms. The Morgan fingerprint density at radius 2 is 1.96 bits per heavy atom. The first-order valence-electron chi connectivity index (χ1n) is 8.32. The van der Waals surface area contributed by atoms with Gasteiger partial charge in [-0.1, -0.05) is 24.3 Å². The van der Waals surface area contributed by atoms with E-state index in [-0.39, 0.29) is 11.5 Å². The van der Waals surface area contributed by atoms with E-state index in [4.69, 9.17) is 9.47 Å². The number of carbonyl (C=O) groups is 2. The van der Waals surface area contributed by atoms with Crippen LogP contribution in [0, 0.1) is 5.82 Å². The molecule has 0 bridgehead atoms. The predicted octanol–water partition coefficient (Wildman–Crippen LogP) is 4.14. The van der Waals surface area contributed by atoms with Crippen molar-refractivity contribution in [3.63, 3.8) is 0 Å². The minimum Gasteiger partial charge on any atom is -0.494 e. The third kappa shape index (κ3) is 4.06. The lowest BCUT2D eigenvalue weighted by atomic mass is 10.1. The van der Waals surface area contributed by atoms with E-state index >= 15 is 0 Å². The van der Waals surface area contributed by atoms with Crippen LogP contribution in [0.15, 0.2) is 54.7 Å². The third-order valence-electron chi connectivity index (χ3n) is 4.10. The second kappa shape index (κ2) is 7.86. The van der Waals surface area contributed by atoms with Crippen LogP contribution in [0.25, 0.3) is 17.0 Å². The number of para-hydroxylation sites is 1. The summed E-state index contributed by atoms with van der Waals surface area (Å²) in [5.41, 5.74) is 1.77. The number of nitrogens with one attached hydrogen (secondary N) is 1. The normalized spacial score (nSPS) is 12.3. The van der Waals surface area contributed by atoms with Crippen molar-refractivity contribution >= 4 is 28.7 Å². The Morgan fingerprint density at radius 1 is 1.19 bits per heavy atom. The number of Topliss-reactive ketones (excluding diaryl/α,β-unsaturated/α-hetero) is 1. The third-order valence-corrected chi connectivity index (χ3v) is 4.10. The molecule has 0 unspecified atom stereocenters. The van der Waals surface area contributed by atoms with Crippen molar-refractivity contribution in [2.45, 2.75) is 13.0 Å². The molecular weight excluding hydrogens is 349 g/mol. The molecule has 0 aliphatic heterocycles. The van der Waals surface area contributed by atoms with Crippen molar-refractivity contribution in [1.82, 2.24) is 4.98 Å². The summed E-state index contributed by atoms with van der Waals surface area (Å²) in [6, 6.07) is 11.7. The number of hydrogen-bond acceptors (Lipinski definition) is 4. The average Bonchev–Trinajstić information content (AvgIpc) is 3.10. The second-order valence-corrected chi connectivity index (χ2v) is 5.92. The van der Waals surface area contributed by atoms with Crippen molar-refractivity contribution in [1.29, 1.82) is 0 Å². The fourth-order valence-corrected chi connectivity index (χ4v) is 2.71. The van der Waals surface area contributed by atoms with Gasteiger partial charge in [0.15, 0.2) is 17.7 Å². The number of esters is 1. The summed E-state index contributed by atoms with van der Waals surface area (Å²) in [6.45, 7) is 1.52. The summed E-state index contributed by atoms with van der Waals surface area (Å²) < 4.78 is 23.7. The highest BCUT2D eigenvalue weighted by Crippen LogP contribution is 2.20. The number of rotatable bonds is 6. The zero-order valence-electron chi connectivity index (χ0n) is 14.9. The standard InChI is InChI=1S/C21H18FNO4/c1-13(21(25)16-12-23-18-6-4-3-5-15(16)18)27-20(24)10-8-14-7-9-19(26-2)17(22)11-14/h3-13,23H,1-2H3/b10-8+/t13-/m1/s1. The van der Waals surface area contributed by atoms with Crippen LogP contribution in [0.1, 0.15) is 22.8 Å². The molecule has 0 amide bonds. The summed E-state index contributed by atoms with van der Waals surface area (Å²) in [5, 5.41) is 0.773. The molecule has 6 heteroatoms. The number of carbonyl (C=O) groups excluding carboxylic acids is 2. The Morgan fingerprint density at radius 3 is 2.70 bits per heavy atom.